The number of amides is 1. The van der Waals surface area contributed by atoms with Gasteiger partial charge in [-0.3, -0.25) is 14.9 Å². The monoisotopic (exact) mass is 312 g/mol. The Hall–Kier alpha value is -2.19. The topological polar surface area (TPSA) is 111 Å². The molecular formula is C11H9ClN4O3S. The van der Waals surface area contributed by atoms with Gasteiger partial charge in [-0.15, -0.1) is 11.3 Å². The SMILES string of the molecule is Nc1nc(CC(=O)Nc2ccc(Cl)c([N+](=O)[O-])c2)cs1. The number of thiazole rings is 1. The van der Waals surface area contributed by atoms with Crippen LogP contribution in [0.25, 0.3) is 0 Å². The van der Waals surface area contributed by atoms with Gasteiger partial charge in [0.2, 0.25) is 5.91 Å². The van der Waals surface area contributed by atoms with Crippen molar-refractivity contribution >= 4 is 45.4 Å². The Morgan fingerprint density at radius 2 is 2.30 bits per heavy atom. The van der Waals surface area contributed by atoms with E-state index >= 15 is 0 Å². The lowest BCUT2D eigenvalue weighted by Gasteiger charge is -2.04. The van der Waals surface area contributed by atoms with E-state index in [4.69, 9.17) is 17.3 Å². The summed E-state index contributed by atoms with van der Waals surface area (Å²) in [6.45, 7) is 0. The molecular weight excluding hydrogens is 304 g/mol. The molecule has 0 bridgehead atoms. The molecule has 9 heteroatoms. The molecule has 1 aromatic heterocycles. The number of anilines is 2. The molecule has 0 aliphatic carbocycles. The van der Waals surface area contributed by atoms with E-state index in [0.29, 0.717) is 16.5 Å². The van der Waals surface area contributed by atoms with Crippen LogP contribution in [0.1, 0.15) is 5.69 Å². The highest BCUT2D eigenvalue weighted by molar-refractivity contribution is 7.13. The van der Waals surface area contributed by atoms with E-state index in [1.54, 1.807) is 5.38 Å². The van der Waals surface area contributed by atoms with Crippen molar-refractivity contribution in [3.05, 3.63) is 44.4 Å². The molecule has 0 aliphatic heterocycles. The van der Waals surface area contributed by atoms with Crippen molar-refractivity contribution in [2.24, 2.45) is 0 Å². The summed E-state index contributed by atoms with van der Waals surface area (Å²) in [5.74, 6) is -0.341. The number of halogens is 1. The molecule has 0 fully saturated rings. The van der Waals surface area contributed by atoms with Crippen molar-refractivity contribution in [3.8, 4) is 0 Å². The number of hydrogen-bond donors (Lipinski definition) is 2. The average molecular weight is 313 g/mol. The molecule has 0 aliphatic rings. The second-order valence-corrected chi connectivity index (χ2v) is 5.12. The molecule has 1 aromatic carbocycles. The fraction of sp³-hybridized carbons (Fsp3) is 0.0909. The van der Waals surface area contributed by atoms with E-state index in [1.165, 1.54) is 29.5 Å². The molecule has 7 nitrogen and oxygen atoms in total. The molecule has 104 valence electrons. The molecule has 0 unspecified atom stereocenters. The van der Waals surface area contributed by atoms with Gasteiger partial charge in [0.25, 0.3) is 5.69 Å². The average Bonchev–Trinajstić information content (AvgIpc) is 2.76. The van der Waals surface area contributed by atoms with Gasteiger partial charge in [-0.25, -0.2) is 4.98 Å². The first-order chi connectivity index (χ1) is 9.45. The van der Waals surface area contributed by atoms with Gasteiger partial charge < -0.3 is 11.1 Å². The van der Waals surface area contributed by atoms with Crippen LogP contribution in [0.2, 0.25) is 5.02 Å². The summed E-state index contributed by atoms with van der Waals surface area (Å²) in [7, 11) is 0. The Kier molecular flexibility index (Phi) is 4.16. The zero-order valence-corrected chi connectivity index (χ0v) is 11.6. The smallest absolute Gasteiger partial charge is 0.289 e. The number of nitrogens with two attached hydrogens (primary N) is 1. The zero-order valence-electron chi connectivity index (χ0n) is 10.00. The zero-order chi connectivity index (χ0) is 14.7. The molecule has 1 amide bonds. The molecule has 1 heterocycles. The van der Waals surface area contributed by atoms with Crippen LogP contribution in [0, 0.1) is 10.1 Å². The number of nitro benzene ring substituents is 1. The Bertz CT molecular complexity index is 673. The molecule has 0 radical (unpaired) electrons. The van der Waals surface area contributed by atoms with Gasteiger partial charge in [0, 0.05) is 17.1 Å². The Morgan fingerprint density at radius 1 is 1.55 bits per heavy atom. The van der Waals surface area contributed by atoms with Crippen molar-refractivity contribution in [1.29, 1.82) is 0 Å². The maximum Gasteiger partial charge on any atom is 0.289 e. The lowest BCUT2D eigenvalue weighted by atomic mass is 10.2. The number of hydrogen-bond acceptors (Lipinski definition) is 6. The molecule has 0 atom stereocenters. The van der Waals surface area contributed by atoms with E-state index in [-0.39, 0.29) is 23.0 Å². The standard InChI is InChI=1S/C11H9ClN4O3S/c12-8-2-1-6(3-9(8)16(18)19)14-10(17)4-7-5-20-11(13)15-7/h1-3,5H,4H2,(H2,13,15)(H,14,17). The van der Waals surface area contributed by atoms with Crippen LogP contribution < -0.4 is 11.1 Å². The maximum atomic E-state index is 11.8. The molecule has 20 heavy (non-hydrogen) atoms. The number of rotatable bonds is 4. The van der Waals surface area contributed by atoms with Gasteiger partial charge in [0.1, 0.15) is 5.02 Å². The summed E-state index contributed by atoms with van der Waals surface area (Å²) in [5.41, 5.74) is 6.05. The highest BCUT2D eigenvalue weighted by atomic mass is 35.5. The minimum Gasteiger partial charge on any atom is -0.375 e. The Balaban J connectivity index is 2.08. The van der Waals surface area contributed by atoms with Crippen LogP contribution in [-0.2, 0) is 11.2 Å². The number of nitrogens with one attached hydrogen (secondary N) is 1. The van der Waals surface area contributed by atoms with Gasteiger partial charge in [-0.1, -0.05) is 11.6 Å². The van der Waals surface area contributed by atoms with Crippen LogP contribution >= 0.6 is 22.9 Å². The van der Waals surface area contributed by atoms with E-state index in [1.807, 2.05) is 0 Å². The Labute approximate surface area is 122 Å². The third kappa shape index (κ3) is 3.43. The minimum absolute atomic E-state index is 0.0141. The Morgan fingerprint density at radius 3 is 2.90 bits per heavy atom. The first kappa shape index (κ1) is 14.2. The number of nitrogens with zero attached hydrogens (tertiary/aromatic N) is 2. The molecule has 0 saturated carbocycles. The van der Waals surface area contributed by atoms with Gasteiger partial charge in [-0.05, 0) is 12.1 Å². The second kappa shape index (κ2) is 5.85. The fourth-order valence-electron chi connectivity index (χ4n) is 1.50. The van der Waals surface area contributed by atoms with Gasteiger partial charge in [-0.2, -0.15) is 0 Å². The van der Waals surface area contributed by atoms with Gasteiger partial charge in [0.15, 0.2) is 5.13 Å². The van der Waals surface area contributed by atoms with Crippen LogP contribution in [-0.4, -0.2) is 15.8 Å². The number of nitro groups is 1. The molecule has 3 N–H and O–H groups in total. The summed E-state index contributed by atoms with van der Waals surface area (Å²) in [5, 5.41) is 15.4. The van der Waals surface area contributed by atoms with Crippen LogP contribution in [0.4, 0.5) is 16.5 Å². The minimum atomic E-state index is -0.612. The molecule has 2 rings (SSSR count). The van der Waals surface area contributed by atoms with Crippen molar-refractivity contribution in [3.63, 3.8) is 0 Å². The highest BCUT2D eigenvalue weighted by Gasteiger charge is 2.14. The maximum absolute atomic E-state index is 11.8. The molecule has 0 saturated heterocycles. The predicted molar refractivity (Wildman–Crippen MR) is 77.0 cm³/mol. The summed E-state index contributed by atoms with van der Waals surface area (Å²) in [6.07, 6.45) is 0.0458. The van der Waals surface area contributed by atoms with Crippen molar-refractivity contribution < 1.29 is 9.72 Å². The normalized spacial score (nSPS) is 10.2. The van der Waals surface area contributed by atoms with Crippen LogP contribution in [0.15, 0.2) is 23.6 Å². The quantitative estimate of drug-likeness (QED) is 0.665. The van der Waals surface area contributed by atoms with Crippen LogP contribution in [0.5, 0.6) is 0 Å². The van der Waals surface area contributed by atoms with Gasteiger partial charge in [0.05, 0.1) is 17.0 Å². The van der Waals surface area contributed by atoms with E-state index in [0.717, 1.165) is 0 Å². The molecule has 0 spiro atoms. The largest absolute Gasteiger partial charge is 0.375 e. The number of nitrogen functional groups attached to an aromatic ring is 1. The summed E-state index contributed by atoms with van der Waals surface area (Å²) < 4.78 is 0. The van der Waals surface area contributed by atoms with Crippen LogP contribution in [0.3, 0.4) is 0 Å². The number of benzene rings is 1. The fourth-order valence-corrected chi connectivity index (χ4v) is 2.25. The predicted octanol–water partition coefficient (Wildman–Crippen LogP) is 2.47. The lowest BCUT2D eigenvalue weighted by Crippen LogP contribution is -2.14. The lowest BCUT2D eigenvalue weighted by molar-refractivity contribution is -0.384. The second-order valence-electron chi connectivity index (χ2n) is 3.83. The number of carbonyl (C=O) groups excluding carboxylic acids is 1. The highest BCUT2D eigenvalue weighted by Crippen LogP contribution is 2.27. The first-order valence-electron chi connectivity index (χ1n) is 5.39. The first-order valence-corrected chi connectivity index (χ1v) is 6.65. The van der Waals surface area contributed by atoms with E-state index in [9.17, 15) is 14.9 Å². The van der Waals surface area contributed by atoms with Crippen molar-refractivity contribution in [2.75, 3.05) is 11.1 Å². The third-order valence-corrected chi connectivity index (χ3v) is 3.38. The summed E-state index contributed by atoms with van der Waals surface area (Å²) >= 11 is 6.92. The summed E-state index contributed by atoms with van der Waals surface area (Å²) in [6, 6.07) is 4.05. The van der Waals surface area contributed by atoms with Crippen molar-refractivity contribution in [2.45, 2.75) is 6.42 Å². The van der Waals surface area contributed by atoms with E-state index < -0.39 is 4.92 Å². The summed E-state index contributed by atoms with van der Waals surface area (Å²) in [4.78, 5) is 25.9. The molecule has 2 aromatic rings. The van der Waals surface area contributed by atoms with E-state index in [2.05, 4.69) is 10.3 Å². The number of carbonyl (C=O) groups is 1. The third-order valence-electron chi connectivity index (χ3n) is 2.34. The number of aromatic nitrogens is 1. The van der Waals surface area contributed by atoms with Crippen molar-refractivity contribution in [1.82, 2.24) is 4.98 Å². The van der Waals surface area contributed by atoms with Gasteiger partial charge >= 0.3 is 0 Å².